The summed E-state index contributed by atoms with van der Waals surface area (Å²) in [6, 6.07) is 6.04. The molecule has 8 heteroatoms. The fourth-order valence-electron chi connectivity index (χ4n) is 3.09. The highest BCUT2D eigenvalue weighted by Gasteiger charge is 2.28. The van der Waals surface area contributed by atoms with Gasteiger partial charge in [-0.15, -0.1) is 15.3 Å². The van der Waals surface area contributed by atoms with E-state index >= 15 is 0 Å². The molecule has 0 aromatic carbocycles. The third-order valence-corrected chi connectivity index (χ3v) is 4.68. The lowest BCUT2D eigenvalue weighted by atomic mass is 10.0. The van der Waals surface area contributed by atoms with E-state index in [1.807, 2.05) is 12.1 Å². The van der Waals surface area contributed by atoms with Crippen LogP contribution in [0.5, 0.6) is 0 Å². The Morgan fingerprint density at radius 3 is 2.96 bits per heavy atom. The molecule has 0 atom stereocenters. The van der Waals surface area contributed by atoms with E-state index in [0.29, 0.717) is 11.8 Å². The molecule has 8 nitrogen and oxygen atoms in total. The SMILES string of the molecule is c1nc(NCC2CN(c3ccc4nncn4n3)C2)cc(C2CC2)n1. The Morgan fingerprint density at radius 1 is 1.17 bits per heavy atom. The molecule has 3 aromatic rings. The number of aromatic nitrogens is 6. The minimum atomic E-state index is 0.600. The summed E-state index contributed by atoms with van der Waals surface area (Å²) in [6.45, 7) is 2.91. The predicted molar refractivity (Wildman–Crippen MR) is 89.0 cm³/mol. The van der Waals surface area contributed by atoms with E-state index in [2.05, 4.69) is 41.5 Å². The molecule has 0 radical (unpaired) electrons. The molecule has 0 bridgehead atoms. The van der Waals surface area contributed by atoms with E-state index in [1.54, 1.807) is 17.2 Å². The molecular formula is C16H18N8. The van der Waals surface area contributed by atoms with Gasteiger partial charge < -0.3 is 10.2 Å². The fourth-order valence-corrected chi connectivity index (χ4v) is 3.09. The molecule has 0 unspecified atom stereocenters. The van der Waals surface area contributed by atoms with Crippen LogP contribution in [0, 0.1) is 5.92 Å². The van der Waals surface area contributed by atoms with Crippen LogP contribution in [0.4, 0.5) is 11.6 Å². The molecular weight excluding hydrogens is 304 g/mol. The van der Waals surface area contributed by atoms with Gasteiger partial charge in [0.2, 0.25) is 0 Å². The number of hydrogen-bond acceptors (Lipinski definition) is 7. The minimum absolute atomic E-state index is 0.600. The summed E-state index contributed by atoms with van der Waals surface area (Å²) >= 11 is 0. The molecule has 0 spiro atoms. The van der Waals surface area contributed by atoms with Gasteiger partial charge in [0.1, 0.15) is 24.3 Å². The Kier molecular flexibility index (Phi) is 3.07. The molecule has 1 N–H and O–H groups in total. The van der Waals surface area contributed by atoms with E-state index in [-0.39, 0.29) is 0 Å². The van der Waals surface area contributed by atoms with E-state index in [0.717, 1.165) is 36.9 Å². The molecule has 24 heavy (non-hydrogen) atoms. The molecule has 1 saturated carbocycles. The number of rotatable bonds is 5. The molecule has 1 aliphatic heterocycles. The summed E-state index contributed by atoms with van der Waals surface area (Å²) < 4.78 is 1.71. The van der Waals surface area contributed by atoms with Gasteiger partial charge in [-0.3, -0.25) is 0 Å². The first kappa shape index (κ1) is 13.6. The third-order valence-electron chi connectivity index (χ3n) is 4.68. The smallest absolute Gasteiger partial charge is 0.177 e. The van der Waals surface area contributed by atoms with Gasteiger partial charge in [0.15, 0.2) is 5.65 Å². The summed E-state index contributed by atoms with van der Waals surface area (Å²) in [4.78, 5) is 10.9. The van der Waals surface area contributed by atoms with Gasteiger partial charge in [0.25, 0.3) is 0 Å². The molecule has 1 aliphatic carbocycles. The lowest BCUT2D eigenvalue weighted by molar-refractivity contribution is 0.424. The van der Waals surface area contributed by atoms with Gasteiger partial charge in [-0.25, -0.2) is 9.97 Å². The molecule has 2 fully saturated rings. The maximum Gasteiger partial charge on any atom is 0.177 e. The first-order valence-corrected chi connectivity index (χ1v) is 8.33. The maximum absolute atomic E-state index is 4.52. The van der Waals surface area contributed by atoms with Crippen molar-refractivity contribution in [1.29, 1.82) is 0 Å². The second-order valence-corrected chi connectivity index (χ2v) is 6.58. The normalized spacial score (nSPS) is 17.9. The second kappa shape index (κ2) is 5.40. The highest BCUT2D eigenvalue weighted by molar-refractivity contribution is 5.47. The van der Waals surface area contributed by atoms with Gasteiger partial charge in [0.05, 0.1) is 0 Å². The molecule has 2 aliphatic rings. The topological polar surface area (TPSA) is 84.1 Å². The zero-order valence-electron chi connectivity index (χ0n) is 13.2. The monoisotopic (exact) mass is 322 g/mol. The number of nitrogens with zero attached hydrogens (tertiary/aromatic N) is 7. The van der Waals surface area contributed by atoms with E-state index in [1.165, 1.54) is 18.5 Å². The van der Waals surface area contributed by atoms with Crippen molar-refractivity contribution in [3.05, 3.63) is 36.5 Å². The van der Waals surface area contributed by atoms with Crippen molar-refractivity contribution in [3.8, 4) is 0 Å². The largest absolute Gasteiger partial charge is 0.370 e. The Balaban J connectivity index is 1.17. The van der Waals surface area contributed by atoms with Crippen LogP contribution in [-0.2, 0) is 0 Å². The summed E-state index contributed by atoms with van der Waals surface area (Å²) in [6.07, 6.45) is 5.82. The van der Waals surface area contributed by atoms with Crippen molar-refractivity contribution in [2.24, 2.45) is 5.92 Å². The van der Waals surface area contributed by atoms with Crippen LogP contribution in [0.15, 0.2) is 30.9 Å². The molecule has 4 heterocycles. The van der Waals surface area contributed by atoms with Crippen molar-refractivity contribution in [2.75, 3.05) is 29.9 Å². The zero-order valence-corrected chi connectivity index (χ0v) is 13.2. The Labute approximate surface area is 138 Å². The van der Waals surface area contributed by atoms with Gasteiger partial charge in [0, 0.05) is 43.2 Å². The van der Waals surface area contributed by atoms with Crippen LogP contribution in [0.3, 0.4) is 0 Å². The van der Waals surface area contributed by atoms with Crippen molar-refractivity contribution < 1.29 is 0 Å². The van der Waals surface area contributed by atoms with Crippen LogP contribution >= 0.6 is 0 Å². The lowest BCUT2D eigenvalue weighted by Crippen LogP contribution is -2.50. The molecule has 1 saturated heterocycles. The fraction of sp³-hybridized carbons (Fsp3) is 0.438. The first-order chi connectivity index (χ1) is 11.8. The molecule has 0 amide bonds. The second-order valence-electron chi connectivity index (χ2n) is 6.58. The van der Waals surface area contributed by atoms with Crippen molar-refractivity contribution in [1.82, 2.24) is 29.8 Å². The van der Waals surface area contributed by atoms with Gasteiger partial charge in [-0.05, 0) is 25.0 Å². The molecule has 5 rings (SSSR count). The van der Waals surface area contributed by atoms with E-state index in [4.69, 9.17) is 0 Å². The lowest BCUT2D eigenvalue weighted by Gasteiger charge is -2.40. The molecule has 3 aromatic heterocycles. The third kappa shape index (κ3) is 2.53. The number of fused-ring (bicyclic) bond motifs is 1. The number of anilines is 2. The van der Waals surface area contributed by atoms with Crippen LogP contribution < -0.4 is 10.2 Å². The van der Waals surface area contributed by atoms with Crippen LogP contribution in [0.1, 0.15) is 24.5 Å². The zero-order chi connectivity index (χ0) is 15.9. The standard InChI is InChI=1S/C16H18N8/c1-2-12(1)13-5-14(19-9-18-13)17-6-11-7-23(8-11)16-4-3-15-21-20-10-24(15)22-16/h3-5,9-12H,1-2,6-8H2,(H,17,18,19). The van der Waals surface area contributed by atoms with Crippen molar-refractivity contribution in [2.45, 2.75) is 18.8 Å². The number of nitrogens with one attached hydrogen (secondary N) is 1. The number of hydrogen-bond donors (Lipinski definition) is 1. The van der Waals surface area contributed by atoms with Crippen LogP contribution in [0.2, 0.25) is 0 Å². The Hall–Kier alpha value is -2.77. The van der Waals surface area contributed by atoms with Gasteiger partial charge in [-0.2, -0.15) is 4.52 Å². The highest BCUT2D eigenvalue weighted by atomic mass is 15.4. The average molecular weight is 322 g/mol. The first-order valence-electron chi connectivity index (χ1n) is 8.33. The van der Waals surface area contributed by atoms with E-state index in [9.17, 15) is 0 Å². The minimum Gasteiger partial charge on any atom is -0.370 e. The Bertz CT molecular complexity index is 865. The molecule has 122 valence electrons. The van der Waals surface area contributed by atoms with Crippen LogP contribution in [-0.4, -0.2) is 49.4 Å². The maximum atomic E-state index is 4.52. The summed E-state index contributed by atoms with van der Waals surface area (Å²) in [7, 11) is 0. The quantitative estimate of drug-likeness (QED) is 0.759. The van der Waals surface area contributed by atoms with Crippen molar-refractivity contribution in [3.63, 3.8) is 0 Å². The highest BCUT2D eigenvalue weighted by Crippen LogP contribution is 2.39. The van der Waals surface area contributed by atoms with E-state index < -0.39 is 0 Å². The summed E-state index contributed by atoms with van der Waals surface area (Å²) in [5, 5.41) is 15.8. The van der Waals surface area contributed by atoms with Crippen LogP contribution in [0.25, 0.3) is 5.65 Å². The van der Waals surface area contributed by atoms with Crippen molar-refractivity contribution >= 4 is 17.3 Å². The predicted octanol–water partition coefficient (Wildman–Crippen LogP) is 1.34. The van der Waals surface area contributed by atoms with Gasteiger partial charge in [-0.1, -0.05) is 0 Å². The summed E-state index contributed by atoms with van der Waals surface area (Å²) in [5.41, 5.74) is 1.95. The summed E-state index contributed by atoms with van der Waals surface area (Å²) in [5.74, 6) is 3.17. The average Bonchev–Trinajstić information content (AvgIpc) is 3.32. The Morgan fingerprint density at radius 2 is 2.08 bits per heavy atom. The van der Waals surface area contributed by atoms with Gasteiger partial charge >= 0.3 is 0 Å².